The van der Waals surface area contributed by atoms with E-state index in [-0.39, 0.29) is 0 Å². The van der Waals surface area contributed by atoms with Gasteiger partial charge in [0.1, 0.15) is 18.3 Å². The van der Waals surface area contributed by atoms with Gasteiger partial charge in [0, 0.05) is 14.2 Å². The molecule has 1 aliphatic heterocycles. The Morgan fingerprint density at radius 1 is 1.38 bits per heavy atom. The molecule has 1 rings (SSSR count). The third-order valence-corrected chi connectivity index (χ3v) is 2.27. The number of aliphatic hydroxyl groups excluding tert-OH is 2. The van der Waals surface area contributed by atoms with E-state index in [1.165, 1.54) is 14.2 Å². The molecule has 0 aliphatic carbocycles. The minimum absolute atomic E-state index is 1.15. The molecule has 4 N–H and O–H groups in total. The zero-order chi connectivity index (χ0) is 12.3. The summed E-state index contributed by atoms with van der Waals surface area (Å²) in [6, 6.07) is 0. The molecule has 0 spiro atoms. The highest BCUT2D eigenvalue weighted by Gasteiger charge is 2.48. The lowest BCUT2D eigenvalue weighted by molar-refractivity contribution is -0.301. The number of hydrogen-bond acceptors (Lipinski definition) is 7. The maximum Gasteiger partial charge on any atom is 0.335 e. The Hall–Kier alpha value is -0.770. The molecule has 1 saturated heterocycles. The molecule has 5 atom stereocenters. The molecule has 8 heteroatoms. The van der Waals surface area contributed by atoms with Crippen molar-refractivity contribution in [3.63, 3.8) is 0 Å². The number of aliphatic hydroxyl groups is 2. The van der Waals surface area contributed by atoms with E-state index in [9.17, 15) is 15.0 Å². The molecule has 0 aromatic heterocycles. The van der Waals surface area contributed by atoms with Crippen LogP contribution in [-0.4, -0.2) is 66.2 Å². The van der Waals surface area contributed by atoms with Gasteiger partial charge in [0.05, 0.1) is 0 Å². The Labute approximate surface area is 91.7 Å². The molecule has 0 aromatic carbocycles. The molecule has 1 fully saturated rings. The Bertz CT molecular complexity index is 249. The number of methoxy groups -OCH3 is 1. The molecule has 16 heavy (non-hydrogen) atoms. The first kappa shape index (κ1) is 13.3. The van der Waals surface area contributed by atoms with Crippen LogP contribution < -0.4 is 5.48 Å². The molecular formula is C8H15NO7. The van der Waals surface area contributed by atoms with Crippen LogP contribution >= 0.6 is 0 Å². The number of carbonyl (C=O) groups is 1. The summed E-state index contributed by atoms with van der Waals surface area (Å²) < 4.78 is 9.62. The summed E-state index contributed by atoms with van der Waals surface area (Å²) >= 11 is 0. The van der Waals surface area contributed by atoms with Crippen LogP contribution in [0.15, 0.2) is 0 Å². The first-order valence-electron chi connectivity index (χ1n) is 4.62. The number of hydroxylamine groups is 1. The summed E-state index contributed by atoms with van der Waals surface area (Å²) in [6.45, 7) is 0. The standard InChI is InChI=1S/C8H15NO7/c1-9-16-5-3(10)6(7(12)13)15-8(14-2)4(5)11/h3-6,8-11H,1-2H3,(H,12,13). The Morgan fingerprint density at radius 2 is 2.00 bits per heavy atom. The van der Waals surface area contributed by atoms with Crippen LogP contribution in [0, 0.1) is 0 Å². The van der Waals surface area contributed by atoms with Gasteiger partial charge in [0.2, 0.25) is 0 Å². The van der Waals surface area contributed by atoms with Crippen LogP contribution in [0.3, 0.4) is 0 Å². The fraction of sp³-hybridized carbons (Fsp3) is 0.875. The molecule has 8 nitrogen and oxygen atoms in total. The van der Waals surface area contributed by atoms with E-state index in [4.69, 9.17) is 19.4 Å². The molecule has 1 heterocycles. The maximum absolute atomic E-state index is 10.8. The average molecular weight is 237 g/mol. The van der Waals surface area contributed by atoms with Crippen molar-refractivity contribution < 1.29 is 34.4 Å². The van der Waals surface area contributed by atoms with E-state index >= 15 is 0 Å². The number of hydrogen-bond donors (Lipinski definition) is 4. The lowest BCUT2D eigenvalue weighted by Crippen LogP contribution is -2.61. The lowest BCUT2D eigenvalue weighted by Gasteiger charge is -2.39. The van der Waals surface area contributed by atoms with Gasteiger partial charge in [-0.3, -0.25) is 4.84 Å². The molecule has 94 valence electrons. The smallest absolute Gasteiger partial charge is 0.335 e. The molecule has 0 saturated carbocycles. The summed E-state index contributed by atoms with van der Waals surface area (Å²) in [4.78, 5) is 15.6. The van der Waals surface area contributed by atoms with E-state index in [1.54, 1.807) is 0 Å². The second kappa shape index (κ2) is 5.53. The van der Waals surface area contributed by atoms with Crippen molar-refractivity contribution in [2.75, 3.05) is 14.2 Å². The SMILES string of the molecule is CNOC1C(O)C(OC)OC(C(=O)O)C1O. The first-order chi connectivity index (χ1) is 7.52. The van der Waals surface area contributed by atoms with Gasteiger partial charge >= 0.3 is 5.97 Å². The van der Waals surface area contributed by atoms with E-state index < -0.39 is 36.7 Å². The third-order valence-electron chi connectivity index (χ3n) is 2.27. The summed E-state index contributed by atoms with van der Waals surface area (Å²) in [7, 11) is 2.67. The van der Waals surface area contributed by atoms with E-state index in [2.05, 4.69) is 5.48 Å². The Balaban J connectivity index is 2.83. The van der Waals surface area contributed by atoms with Crippen LogP contribution in [0.2, 0.25) is 0 Å². The van der Waals surface area contributed by atoms with Crippen molar-refractivity contribution in [2.24, 2.45) is 0 Å². The highest BCUT2D eigenvalue weighted by Crippen LogP contribution is 2.23. The molecule has 5 unspecified atom stereocenters. The summed E-state index contributed by atoms with van der Waals surface area (Å²) in [6.07, 6.45) is -6.60. The van der Waals surface area contributed by atoms with Crippen molar-refractivity contribution in [2.45, 2.75) is 30.7 Å². The average Bonchev–Trinajstić information content (AvgIpc) is 2.24. The fourth-order valence-corrected chi connectivity index (χ4v) is 1.51. The number of carboxylic acid groups (broad SMARTS) is 1. The van der Waals surface area contributed by atoms with Gasteiger partial charge in [-0.05, 0) is 0 Å². The van der Waals surface area contributed by atoms with E-state index in [0.29, 0.717) is 0 Å². The number of rotatable bonds is 4. The zero-order valence-electron chi connectivity index (χ0n) is 8.86. The van der Waals surface area contributed by atoms with Crippen LogP contribution in [0.5, 0.6) is 0 Å². The van der Waals surface area contributed by atoms with Crippen molar-refractivity contribution in [3.8, 4) is 0 Å². The molecule has 0 radical (unpaired) electrons. The fourth-order valence-electron chi connectivity index (χ4n) is 1.51. The summed E-state index contributed by atoms with van der Waals surface area (Å²) in [5, 5.41) is 28.1. The minimum Gasteiger partial charge on any atom is -0.479 e. The highest BCUT2D eigenvalue weighted by atomic mass is 16.7. The van der Waals surface area contributed by atoms with E-state index in [1.807, 2.05) is 0 Å². The normalized spacial score (nSPS) is 39.6. The van der Waals surface area contributed by atoms with Crippen molar-refractivity contribution >= 4 is 5.97 Å². The monoisotopic (exact) mass is 237 g/mol. The molecule has 0 aromatic rings. The van der Waals surface area contributed by atoms with Crippen molar-refractivity contribution in [1.82, 2.24) is 5.48 Å². The third kappa shape index (κ3) is 2.48. The summed E-state index contributed by atoms with van der Waals surface area (Å²) in [5.41, 5.74) is 2.28. The Morgan fingerprint density at radius 3 is 2.44 bits per heavy atom. The molecule has 0 amide bonds. The largest absolute Gasteiger partial charge is 0.479 e. The minimum atomic E-state index is -1.51. The van der Waals surface area contributed by atoms with Gasteiger partial charge in [-0.25, -0.2) is 10.3 Å². The zero-order valence-corrected chi connectivity index (χ0v) is 8.86. The van der Waals surface area contributed by atoms with Gasteiger partial charge in [0.25, 0.3) is 0 Å². The van der Waals surface area contributed by atoms with Gasteiger partial charge in [0.15, 0.2) is 12.4 Å². The lowest BCUT2D eigenvalue weighted by atomic mass is 9.99. The van der Waals surface area contributed by atoms with Crippen LogP contribution in [0.4, 0.5) is 0 Å². The van der Waals surface area contributed by atoms with Gasteiger partial charge in [-0.1, -0.05) is 0 Å². The number of nitrogens with one attached hydrogen (secondary N) is 1. The molecule has 0 bridgehead atoms. The molecule has 1 aliphatic rings. The van der Waals surface area contributed by atoms with Gasteiger partial charge in [-0.15, -0.1) is 0 Å². The number of ether oxygens (including phenoxy) is 2. The first-order valence-corrected chi connectivity index (χ1v) is 4.62. The second-order valence-electron chi connectivity index (χ2n) is 3.27. The van der Waals surface area contributed by atoms with Gasteiger partial charge in [-0.2, -0.15) is 0 Å². The van der Waals surface area contributed by atoms with Crippen molar-refractivity contribution in [1.29, 1.82) is 0 Å². The number of carboxylic acids is 1. The molecular weight excluding hydrogens is 222 g/mol. The van der Waals surface area contributed by atoms with Crippen LogP contribution in [-0.2, 0) is 19.1 Å². The topological polar surface area (TPSA) is 117 Å². The van der Waals surface area contributed by atoms with Crippen LogP contribution in [0.1, 0.15) is 0 Å². The Kier molecular flexibility index (Phi) is 4.59. The quantitative estimate of drug-likeness (QED) is 0.403. The summed E-state index contributed by atoms with van der Waals surface area (Å²) in [5.74, 6) is -1.36. The van der Waals surface area contributed by atoms with E-state index in [0.717, 1.165) is 0 Å². The predicted octanol–water partition coefficient (Wildman–Crippen LogP) is -2.32. The second-order valence-corrected chi connectivity index (χ2v) is 3.27. The van der Waals surface area contributed by atoms with Crippen molar-refractivity contribution in [3.05, 3.63) is 0 Å². The van der Waals surface area contributed by atoms with Gasteiger partial charge < -0.3 is 24.8 Å². The number of aliphatic carboxylic acids is 1. The highest BCUT2D eigenvalue weighted by molar-refractivity contribution is 5.73. The maximum atomic E-state index is 10.8. The predicted molar refractivity (Wildman–Crippen MR) is 49.3 cm³/mol. The van der Waals surface area contributed by atoms with Crippen LogP contribution in [0.25, 0.3) is 0 Å².